The number of aromatic nitrogens is 2. The highest BCUT2D eigenvalue weighted by Crippen LogP contribution is 2.19. The van der Waals surface area contributed by atoms with Crippen LogP contribution in [0.15, 0.2) is 36.7 Å². The molecule has 1 unspecified atom stereocenters. The van der Waals surface area contributed by atoms with Gasteiger partial charge in [0.15, 0.2) is 0 Å². The van der Waals surface area contributed by atoms with E-state index in [1.165, 1.54) is 17.2 Å². The largest absolute Gasteiger partial charge is 0.473 e. The summed E-state index contributed by atoms with van der Waals surface area (Å²) >= 11 is 0. The molecule has 0 N–H and O–H groups in total. The molecule has 1 saturated heterocycles. The predicted molar refractivity (Wildman–Crippen MR) is 77.5 cm³/mol. The summed E-state index contributed by atoms with van der Waals surface area (Å²) in [5.74, 6) is -0.146. The van der Waals surface area contributed by atoms with Gasteiger partial charge < -0.3 is 4.74 Å². The number of ether oxygens (including phenoxy) is 1. The quantitative estimate of drug-likeness (QED) is 0.810. The van der Waals surface area contributed by atoms with Crippen LogP contribution in [-0.4, -0.2) is 34.1 Å². The first-order valence-corrected chi connectivity index (χ1v) is 7.12. The van der Waals surface area contributed by atoms with Gasteiger partial charge in [-0.05, 0) is 36.6 Å². The number of hydrogen-bond donors (Lipinski definition) is 0. The average molecular weight is 287 g/mol. The number of likely N-dealkylation sites (tertiary alicyclic amines) is 1. The van der Waals surface area contributed by atoms with E-state index in [2.05, 4.69) is 21.8 Å². The van der Waals surface area contributed by atoms with Crippen LogP contribution in [0.3, 0.4) is 0 Å². The van der Waals surface area contributed by atoms with Crippen molar-refractivity contribution in [1.82, 2.24) is 14.9 Å². The molecule has 0 saturated carbocycles. The zero-order valence-corrected chi connectivity index (χ0v) is 12.0. The molecule has 5 heteroatoms. The van der Waals surface area contributed by atoms with E-state index in [-0.39, 0.29) is 6.10 Å². The van der Waals surface area contributed by atoms with Gasteiger partial charge in [0.25, 0.3) is 0 Å². The van der Waals surface area contributed by atoms with Crippen LogP contribution >= 0.6 is 0 Å². The van der Waals surface area contributed by atoms with Gasteiger partial charge >= 0.3 is 0 Å². The molecular formula is C16H18FN3O. The molecule has 0 radical (unpaired) electrons. The minimum absolute atomic E-state index is 0.0660. The van der Waals surface area contributed by atoms with Gasteiger partial charge in [0.05, 0.1) is 0 Å². The molecule has 0 spiro atoms. The SMILES string of the molecule is Cc1ccncc1CN1CCC(Oc2cccc(F)n2)C1. The molecule has 0 aromatic carbocycles. The van der Waals surface area contributed by atoms with E-state index in [0.29, 0.717) is 5.88 Å². The fraction of sp³-hybridized carbons (Fsp3) is 0.375. The highest BCUT2D eigenvalue weighted by molar-refractivity contribution is 5.21. The van der Waals surface area contributed by atoms with E-state index in [9.17, 15) is 4.39 Å². The molecule has 0 aliphatic carbocycles. The van der Waals surface area contributed by atoms with Crippen molar-refractivity contribution >= 4 is 0 Å². The van der Waals surface area contributed by atoms with Crippen LogP contribution in [0.1, 0.15) is 17.5 Å². The summed E-state index contributed by atoms with van der Waals surface area (Å²) in [6.45, 7) is 4.76. The lowest BCUT2D eigenvalue weighted by Crippen LogP contribution is -2.25. The van der Waals surface area contributed by atoms with Gasteiger partial charge in [-0.15, -0.1) is 0 Å². The van der Waals surface area contributed by atoms with E-state index >= 15 is 0 Å². The number of rotatable bonds is 4. The van der Waals surface area contributed by atoms with Crippen molar-refractivity contribution in [1.29, 1.82) is 0 Å². The summed E-state index contributed by atoms with van der Waals surface area (Å²) in [5.41, 5.74) is 2.49. The normalized spacial score (nSPS) is 18.9. The minimum Gasteiger partial charge on any atom is -0.473 e. The van der Waals surface area contributed by atoms with Crippen molar-refractivity contribution in [3.8, 4) is 5.88 Å². The van der Waals surface area contributed by atoms with Crippen molar-refractivity contribution in [3.63, 3.8) is 0 Å². The highest BCUT2D eigenvalue weighted by atomic mass is 19.1. The zero-order valence-electron chi connectivity index (χ0n) is 12.0. The first-order chi connectivity index (χ1) is 10.2. The van der Waals surface area contributed by atoms with Gasteiger partial charge in [0.1, 0.15) is 6.10 Å². The molecule has 4 nitrogen and oxygen atoms in total. The van der Waals surface area contributed by atoms with E-state index in [1.54, 1.807) is 12.1 Å². The van der Waals surface area contributed by atoms with E-state index in [0.717, 1.165) is 26.1 Å². The fourth-order valence-corrected chi connectivity index (χ4v) is 2.57. The maximum absolute atomic E-state index is 13.0. The molecule has 2 aromatic heterocycles. The molecule has 1 fully saturated rings. The lowest BCUT2D eigenvalue weighted by atomic mass is 10.1. The molecule has 1 aliphatic heterocycles. The van der Waals surface area contributed by atoms with Gasteiger partial charge in [-0.2, -0.15) is 9.37 Å². The van der Waals surface area contributed by atoms with Crippen LogP contribution in [0.4, 0.5) is 4.39 Å². The summed E-state index contributed by atoms with van der Waals surface area (Å²) in [5, 5.41) is 0. The first kappa shape index (κ1) is 13.9. The third kappa shape index (κ3) is 3.55. The topological polar surface area (TPSA) is 38.2 Å². The Morgan fingerprint density at radius 3 is 3.10 bits per heavy atom. The molecule has 3 heterocycles. The number of halogens is 1. The summed E-state index contributed by atoms with van der Waals surface area (Å²) in [6, 6.07) is 6.65. The second-order valence-electron chi connectivity index (χ2n) is 5.36. The Morgan fingerprint density at radius 1 is 1.38 bits per heavy atom. The van der Waals surface area contributed by atoms with Crippen LogP contribution in [0.25, 0.3) is 0 Å². The maximum Gasteiger partial charge on any atom is 0.216 e. The Hall–Kier alpha value is -2.01. The molecular weight excluding hydrogens is 269 g/mol. The predicted octanol–water partition coefficient (Wildman–Crippen LogP) is 2.58. The zero-order chi connectivity index (χ0) is 14.7. The van der Waals surface area contributed by atoms with E-state index in [1.807, 2.05) is 18.5 Å². The molecule has 110 valence electrons. The average Bonchev–Trinajstić information content (AvgIpc) is 2.89. The Morgan fingerprint density at radius 2 is 2.29 bits per heavy atom. The van der Waals surface area contributed by atoms with Crippen molar-refractivity contribution in [2.45, 2.75) is 26.0 Å². The van der Waals surface area contributed by atoms with Crippen molar-refractivity contribution in [2.24, 2.45) is 0 Å². The summed E-state index contributed by atoms with van der Waals surface area (Å²) in [7, 11) is 0. The molecule has 21 heavy (non-hydrogen) atoms. The molecule has 2 aromatic rings. The Labute approximate surface area is 123 Å². The number of pyridine rings is 2. The Kier molecular flexibility index (Phi) is 4.10. The monoisotopic (exact) mass is 287 g/mol. The van der Waals surface area contributed by atoms with Crippen LogP contribution in [0, 0.1) is 12.9 Å². The van der Waals surface area contributed by atoms with E-state index < -0.39 is 5.95 Å². The van der Waals surface area contributed by atoms with Gasteiger partial charge in [0.2, 0.25) is 11.8 Å². The maximum atomic E-state index is 13.0. The van der Waals surface area contributed by atoms with E-state index in [4.69, 9.17) is 4.74 Å². The minimum atomic E-state index is -0.506. The lowest BCUT2D eigenvalue weighted by Gasteiger charge is -2.17. The fourth-order valence-electron chi connectivity index (χ4n) is 2.57. The molecule has 1 aliphatic rings. The highest BCUT2D eigenvalue weighted by Gasteiger charge is 2.24. The summed E-state index contributed by atoms with van der Waals surface area (Å²) in [6.07, 6.45) is 4.72. The van der Waals surface area contributed by atoms with Crippen LogP contribution in [0.5, 0.6) is 5.88 Å². The third-order valence-corrected chi connectivity index (χ3v) is 3.75. The molecule has 1 atom stereocenters. The standard InChI is InChI=1S/C16H18FN3O/c1-12-5-7-18-9-13(12)10-20-8-6-14(11-20)21-16-4-2-3-15(17)19-16/h2-5,7,9,14H,6,8,10-11H2,1H3. The molecule has 0 amide bonds. The Balaban J connectivity index is 1.57. The van der Waals surface area contributed by atoms with Gasteiger partial charge in [-0.1, -0.05) is 6.07 Å². The summed E-state index contributed by atoms with van der Waals surface area (Å²) < 4.78 is 18.8. The van der Waals surface area contributed by atoms with Gasteiger partial charge in [-0.25, -0.2) is 0 Å². The van der Waals surface area contributed by atoms with Crippen molar-refractivity contribution < 1.29 is 9.13 Å². The van der Waals surface area contributed by atoms with Crippen molar-refractivity contribution in [3.05, 3.63) is 53.7 Å². The second-order valence-corrected chi connectivity index (χ2v) is 5.36. The summed E-state index contributed by atoms with van der Waals surface area (Å²) in [4.78, 5) is 10.2. The molecule has 0 bridgehead atoms. The van der Waals surface area contributed by atoms with Gasteiger partial charge in [-0.3, -0.25) is 9.88 Å². The number of nitrogens with zero attached hydrogens (tertiary/aromatic N) is 3. The smallest absolute Gasteiger partial charge is 0.216 e. The van der Waals surface area contributed by atoms with Gasteiger partial charge in [0, 0.05) is 38.1 Å². The Bertz CT molecular complexity index is 620. The second kappa shape index (κ2) is 6.18. The third-order valence-electron chi connectivity index (χ3n) is 3.75. The van der Waals surface area contributed by atoms with Crippen LogP contribution < -0.4 is 4.74 Å². The molecule has 3 rings (SSSR count). The van der Waals surface area contributed by atoms with Crippen LogP contribution in [-0.2, 0) is 6.54 Å². The van der Waals surface area contributed by atoms with Crippen LogP contribution in [0.2, 0.25) is 0 Å². The number of hydrogen-bond acceptors (Lipinski definition) is 4. The van der Waals surface area contributed by atoms with Crippen molar-refractivity contribution in [2.75, 3.05) is 13.1 Å². The lowest BCUT2D eigenvalue weighted by molar-refractivity contribution is 0.189. The first-order valence-electron chi connectivity index (χ1n) is 7.12. The number of aryl methyl sites for hydroxylation is 1.